The number of aromatic nitrogens is 1. The molecule has 1 aromatic carbocycles. The molecule has 2 aromatic rings. The molecule has 4 nitrogen and oxygen atoms in total. The molecule has 0 unspecified atom stereocenters. The molecule has 0 fully saturated rings. The highest BCUT2D eigenvalue weighted by Gasteiger charge is 2.12. The number of carbonyl (C=O) groups excluding carboxylic acids is 1. The lowest BCUT2D eigenvalue weighted by molar-refractivity contribution is 0.0943. The molecule has 0 aliphatic carbocycles. The number of hydrogen-bond donors (Lipinski definition) is 1. The molecule has 0 spiro atoms. The van der Waals surface area contributed by atoms with Crippen LogP contribution in [0.2, 0.25) is 0 Å². The first-order valence-electron chi connectivity index (χ1n) is 6.48. The normalized spacial score (nSPS) is 11.2. The van der Waals surface area contributed by atoms with Crippen LogP contribution >= 0.6 is 0 Å². The Morgan fingerprint density at radius 1 is 1.32 bits per heavy atom. The molecule has 102 valence electrons. The summed E-state index contributed by atoms with van der Waals surface area (Å²) in [5.74, 6) is -0.0156. The van der Waals surface area contributed by atoms with Gasteiger partial charge in [0.15, 0.2) is 0 Å². The van der Waals surface area contributed by atoms with E-state index in [0.717, 1.165) is 17.4 Å². The summed E-state index contributed by atoms with van der Waals surface area (Å²) in [7, 11) is 5.91. The van der Waals surface area contributed by atoms with Crippen LogP contribution in [0.25, 0.3) is 10.9 Å². The molecule has 19 heavy (non-hydrogen) atoms. The molecule has 0 atom stereocenters. The van der Waals surface area contributed by atoms with Crippen molar-refractivity contribution in [2.45, 2.75) is 6.92 Å². The fourth-order valence-electron chi connectivity index (χ4n) is 2.17. The first-order chi connectivity index (χ1) is 8.99. The average molecular weight is 259 g/mol. The zero-order chi connectivity index (χ0) is 14.0. The fraction of sp³-hybridized carbons (Fsp3) is 0.400. The summed E-state index contributed by atoms with van der Waals surface area (Å²) in [6.07, 6.45) is 0. The van der Waals surface area contributed by atoms with Crippen molar-refractivity contribution in [3.63, 3.8) is 0 Å². The summed E-state index contributed by atoms with van der Waals surface area (Å²) >= 11 is 0. The van der Waals surface area contributed by atoms with Crippen molar-refractivity contribution >= 4 is 16.8 Å². The van der Waals surface area contributed by atoms with Gasteiger partial charge in [0.1, 0.15) is 5.69 Å². The van der Waals surface area contributed by atoms with Crippen molar-refractivity contribution in [2.75, 3.05) is 27.2 Å². The maximum atomic E-state index is 12.2. The SMILES string of the molecule is Cc1ccc2c(c1)cc(C(=O)NCCN(C)C)n2C. The third-order valence-corrected chi connectivity index (χ3v) is 3.28. The zero-order valence-corrected chi connectivity index (χ0v) is 12.0. The second-order valence-electron chi connectivity index (χ2n) is 5.21. The molecule has 0 bridgehead atoms. The molecule has 4 heteroatoms. The van der Waals surface area contributed by atoms with Crippen molar-refractivity contribution < 1.29 is 4.79 Å². The van der Waals surface area contributed by atoms with Crippen LogP contribution in [0.15, 0.2) is 24.3 Å². The minimum atomic E-state index is -0.0156. The van der Waals surface area contributed by atoms with E-state index in [1.807, 2.05) is 36.7 Å². The molecular weight excluding hydrogens is 238 g/mol. The molecule has 0 saturated heterocycles. The third kappa shape index (κ3) is 2.96. The summed E-state index contributed by atoms with van der Waals surface area (Å²) in [5, 5.41) is 4.06. The smallest absolute Gasteiger partial charge is 0.267 e. The highest BCUT2D eigenvalue weighted by Crippen LogP contribution is 2.19. The molecule has 0 saturated carbocycles. The number of benzene rings is 1. The topological polar surface area (TPSA) is 37.3 Å². The van der Waals surface area contributed by atoms with Crippen LogP contribution in [-0.2, 0) is 7.05 Å². The van der Waals surface area contributed by atoms with Crippen LogP contribution < -0.4 is 5.32 Å². The third-order valence-electron chi connectivity index (χ3n) is 3.28. The summed E-state index contributed by atoms with van der Waals surface area (Å²) in [6, 6.07) is 8.18. The maximum absolute atomic E-state index is 12.2. The Bertz CT molecular complexity index is 599. The van der Waals surface area contributed by atoms with Crippen molar-refractivity contribution in [3.8, 4) is 0 Å². The van der Waals surface area contributed by atoms with Crippen molar-refractivity contribution in [1.82, 2.24) is 14.8 Å². The van der Waals surface area contributed by atoms with E-state index in [0.29, 0.717) is 12.2 Å². The summed E-state index contributed by atoms with van der Waals surface area (Å²) in [4.78, 5) is 14.2. The Labute approximate surface area is 114 Å². The Kier molecular flexibility index (Phi) is 3.90. The lowest BCUT2D eigenvalue weighted by Gasteiger charge is -2.10. The quantitative estimate of drug-likeness (QED) is 0.908. The summed E-state index contributed by atoms with van der Waals surface area (Å²) in [6.45, 7) is 3.56. The molecule has 1 N–H and O–H groups in total. The van der Waals surface area contributed by atoms with Crippen LogP contribution in [-0.4, -0.2) is 42.6 Å². The highest BCUT2D eigenvalue weighted by molar-refractivity contribution is 5.98. The molecule has 0 aliphatic heterocycles. The van der Waals surface area contributed by atoms with E-state index in [-0.39, 0.29) is 5.91 Å². The Hall–Kier alpha value is -1.81. The molecule has 2 rings (SSSR count). The number of nitrogens with zero attached hydrogens (tertiary/aromatic N) is 2. The Morgan fingerprint density at radius 3 is 2.74 bits per heavy atom. The largest absolute Gasteiger partial charge is 0.349 e. The fourth-order valence-corrected chi connectivity index (χ4v) is 2.17. The van der Waals surface area contributed by atoms with E-state index in [1.165, 1.54) is 5.56 Å². The van der Waals surface area contributed by atoms with Crippen LogP contribution in [0, 0.1) is 6.92 Å². The number of amides is 1. The van der Waals surface area contributed by atoms with E-state index < -0.39 is 0 Å². The number of carbonyl (C=O) groups is 1. The van der Waals surface area contributed by atoms with Gasteiger partial charge in [-0.2, -0.15) is 0 Å². The van der Waals surface area contributed by atoms with Gasteiger partial charge in [0.2, 0.25) is 0 Å². The van der Waals surface area contributed by atoms with Gasteiger partial charge in [0.05, 0.1) is 0 Å². The van der Waals surface area contributed by atoms with Crippen molar-refractivity contribution in [3.05, 3.63) is 35.5 Å². The molecule has 1 heterocycles. The van der Waals surface area contributed by atoms with Gasteiger partial charge in [0.25, 0.3) is 5.91 Å². The van der Waals surface area contributed by atoms with E-state index in [4.69, 9.17) is 0 Å². The first-order valence-corrected chi connectivity index (χ1v) is 6.48. The summed E-state index contributed by atoms with van der Waals surface area (Å²) < 4.78 is 1.94. The second kappa shape index (κ2) is 5.45. The first kappa shape index (κ1) is 13.6. The van der Waals surface area contributed by atoms with Gasteiger partial charge in [-0.1, -0.05) is 11.6 Å². The predicted octanol–water partition coefficient (Wildman–Crippen LogP) is 1.78. The van der Waals surface area contributed by atoms with Crippen LogP contribution in [0.4, 0.5) is 0 Å². The van der Waals surface area contributed by atoms with E-state index in [1.54, 1.807) is 0 Å². The van der Waals surface area contributed by atoms with Gasteiger partial charge >= 0.3 is 0 Å². The second-order valence-corrected chi connectivity index (χ2v) is 5.21. The maximum Gasteiger partial charge on any atom is 0.267 e. The van der Waals surface area contributed by atoms with Crippen LogP contribution in [0.1, 0.15) is 16.1 Å². The van der Waals surface area contributed by atoms with Gasteiger partial charge in [-0.25, -0.2) is 0 Å². The number of fused-ring (bicyclic) bond motifs is 1. The standard InChI is InChI=1S/C15H21N3O/c1-11-5-6-13-12(9-11)10-14(18(13)4)15(19)16-7-8-17(2)3/h5-6,9-10H,7-8H2,1-4H3,(H,16,19). The number of hydrogen-bond acceptors (Lipinski definition) is 2. The van der Waals surface area contributed by atoms with Crippen molar-refractivity contribution in [1.29, 1.82) is 0 Å². The summed E-state index contributed by atoms with van der Waals surface area (Å²) in [5.41, 5.74) is 3.00. The van der Waals surface area contributed by atoms with E-state index >= 15 is 0 Å². The Morgan fingerprint density at radius 2 is 2.05 bits per heavy atom. The number of likely N-dealkylation sites (N-methyl/N-ethyl adjacent to an activating group) is 1. The lowest BCUT2D eigenvalue weighted by atomic mass is 10.2. The van der Waals surface area contributed by atoms with Gasteiger partial charge < -0.3 is 14.8 Å². The molecule has 1 amide bonds. The average Bonchev–Trinajstić information content (AvgIpc) is 2.65. The molecule has 1 aromatic heterocycles. The molecule has 0 aliphatic rings. The number of rotatable bonds is 4. The van der Waals surface area contributed by atoms with Crippen molar-refractivity contribution in [2.24, 2.45) is 7.05 Å². The molecular formula is C15H21N3O. The predicted molar refractivity (Wildman–Crippen MR) is 78.5 cm³/mol. The van der Waals surface area contributed by atoms with Gasteiger partial charge in [-0.05, 0) is 39.2 Å². The lowest BCUT2D eigenvalue weighted by Crippen LogP contribution is -2.32. The van der Waals surface area contributed by atoms with Crippen LogP contribution in [0.3, 0.4) is 0 Å². The minimum Gasteiger partial charge on any atom is -0.349 e. The highest BCUT2D eigenvalue weighted by atomic mass is 16.1. The minimum absolute atomic E-state index is 0.0156. The monoisotopic (exact) mass is 259 g/mol. The van der Waals surface area contributed by atoms with E-state index in [9.17, 15) is 4.79 Å². The molecule has 0 radical (unpaired) electrons. The Balaban J connectivity index is 2.20. The zero-order valence-electron chi connectivity index (χ0n) is 12.0. The van der Waals surface area contributed by atoms with Gasteiger partial charge in [-0.3, -0.25) is 4.79 Å². The van der Waals surface area contributed by atoms with Gasteiger partial charge in [-0.15, -0.1) is 0 Å². The van der Waals surface area contributed by atoms with E-state index in [2.05, 4.69) is 30.4 Å². The number of aryl methyl sites for hydroxylation is 2. The van der Waals surface area contributed by atoms with Crippen LogP contribution in [0.5, 0.6) is 0 Å². The van der Waals surface area contributed by atoms with Gasteiger partial charge in [0, 0.05) is 31.0 Å². The number of nitrogens with one attached hydrogen (secondary N) is 1.